The quantitative estimate of drug-likeness (QED) is 0.875. The van der Waals surface area contributed by atoms with Gasteiger partial charge < -0.3 is 19.5 Å². The average Bonchev–Trinajstić information content (AvgIpc) is 2.45. The highest BCUT2D eigenvalue weighted by molar-refractivity contribution is 5.55. The number of aromatic nitrogens is 1. The standard InChI is InChI=1S/C14H23N3O2/c1-3-5-16(4-2)13-10-12(11-14(18)15-13)17-6-8-19-9-7-17/h10-11H,3-9H2,1-2H3,(H,15,18). The zero-order valence-electron chi connectivity index (χ0n) is 11.8. The van der Waals surface area contributed by atoms with Gasteiger partial charge in [-0.15, -0.1) is 0 Å². The van der Waals surface area contributed by atoms with E-state index in [1.54, 1.807) is 6.07 Å². The number of pyridine rings is 1. The van der Waals surface area contributed by atoms with Gasteiger partial charge in [-0.1, -0.05) is 6.92 Å². The predicted octanol–water partition coefficient (Wildman–Crippen LogP) is 1.45. The second-order valence-corrected chi connectivity index (χ2v) is 4.77. The van der Waals surface area contributed by atoms with E-state index in [2.05, 4.69) is 34.7 Å². The number of nitrogens with one attached hydrogen (secondary N) is 1. The van der Waals surface area contributed by atoms with Crippen LogP contribution in [0.25, 0.3) is 0 Å². The van der Waals surface area contributed by atoms with Crippen LogP contribution in [0, 0.1) is 0 Å². The Morgan fingerprint density at radius 1 is 1.32 bits per heavy atom. The van der Waals surface area contributed by atoms with E-state index in [0.29, 0.717) is 0 Å². The Bertz CT molecular complexity index is 426. The summed E-state index contributed by atoms with van der Waals surface area (Å²) < 4.78 is 5.35. The number of nitrogens with zero attached hydrogens (tertiary/aromatic N) is 2. The first-order valence-corrected chi connectivity index (χ1v) is 7.06. The molecule has 2 rings (SSSR count). The van der Waals surface area contributed by atoms with Crippen LogP contribution in [0.4, 0.5) is 11.5 Å². The normalized spacial score (nSPS) is 15.6. The molecule has 5 nitrogen and oxygen atoms in total. The fourth-order valence-corrected chi connectivity index (χ4v) is 2.41. The smallest absolute Gasteiger partial charge is 0.251 e. The van der Waals surface area contributed by atoms with Crippen molar-refractivity contribution in [2.75, 3.05) is 49.2 Å². The third kappa shape index (κ3) is 3.50. The fourth-order valence-electron chi connectivity index (χ4n) is 2.41. The molecule has 0 unspecified atom stereocenters. The van der Waals surface area contributed by atoms with Crippen molar-refractivity contribution in [2.24, 2.45) is 0 Å². The summed E-state index contributed by atoms with van der Waals surface area (Å²) in [6.07, 6.45) is 1.07. The van der Waals surface area contributed by atoms with Gasteiger partial charge in [-0.25, -0.2) is 0 Å². The van der Waals surface area contributed by atoms with Crippen molar-refractivity contribution in [1.29, 1.82) is 0 Å². The minimum atomic E-state index is -0.0338. The summed E-state index contributed by atoms with van der Waals surface area (Å²) in [7, 11) is 0. The molecule has 0 spiro atoms. The van der Waals surface area contributed by atoms with E-state index < -0.39 is 0 Å². The number of H-pyrrole nitrogens is 1. The van der Waals surface area contributed by atoms with Crippen LogP contribution in [0.1, 0.15) is 20.3 Å². The number of morpholine rings is 1. The van der Waals surface area contributed by atoms with Crippen molar-refractivity contribution < 1.29 is 4.74 Å². The largest absolute Gasteiger partial charge is 0.378 e. The van der Waals surface area contributed by atoms with E-state index in [0.717, 1.165) is 57.3 Å². The van der Waals surface area contributed by atoms with E-state index in [1.165, 1.54) is 0 Å². The van der Waals surface area contributed by atoms with Crippen LogP contribution >= 0.6 is 0 Å². The van der Waals surface area contributed by atoms with E-state index in [9.17, 15) is 4.79 Å². The van der Waals surface area contributed by atoms with Gasteiger partial charge >= 0.3 is 0 Å². The molecule has 1 aromatic heterocycles. The topological polar surface area (TPSA) is 48.6 Å². The molecule has 0 saturated carbocycles. The Morgan fingerprint density at radius 2 is 2.05 bits per heavy atom. The van der Waals surface area contributed by atoms with Crippen LogP contribution in [0.15, 0.2) is 16.9 Å². The maximum Gasteiger partial charge on any atom is 0.251 e. The summed E-state index contributed by atoms with van der Waals surface area (Å²) in [6.45, 7) is 9.27. The number of hydrogen-bond acceptors (Lipinski definition) is 4. The summed E-state index contributed by atoms with van der Waals surface area (Å²) in [5.74, 6) is 0.915. The number of hydrogen-bond donors (Lipinski definition) is 1. The molecule has 0 aliphatic carbocycles. The minimum absolute atomic E-state index is 0.0338. The molecular formula is C14H23N3O2. The van der Waals surface area contributed by atoms with Crippen molar-refractivity contribution in [3.63, 3.8) is 0 Å². The van der Waals surface area contributed by atoms with Crippen LogP contribution in [-0.4, -0.2) is 44.4 Å². The lowest BCUT2D eigenvalue weighted by Crippen LogP contribution is -2.37. The highest BCUT2D eigenvalue weighted by atomic mass is 16.5. The van der Waals surface area contributed by atoms with Crippen molar-refractivity contribution in [1.82, 2.24) is 4.98 Å². The van der Waals surface area contributed by atoms with E-state index in [1.807, 2.05) is 0 Å². The number of aromatic amines is 1. The monoisotopic (exact) mass is 265 g/mol. The van der Waals surface area contributed by atoms with Gasteiger partial charge in [-0.3, -0.25) is 4.79 Å². The molecule has 5 heteroatoms. The minimum Gasteiger partial charge on any atom is -0.378 e. The Morgan fingerprint density at radius 3 is 2.68 bits per heavy atom. The van der Waals surface area contributed by atoms with Crippen LogP contribution in [0.3, 0.4) is 0 Å². The van der Waals surface area contributed by atoms with Gasteiger partial charge in [-0.05, 0) is 13.3 Å². The van der Waals surface area contributed by atoms with Crippen LogP contribution in [-0.2, 0) is 4.74 Å². The van der Waals surface area contributed by atoms with E-state index in [4.69, 9.17) is 4.74 Å². The molecule has 19 heavy (non-hydrogen) atoms. The highest BCUT2D eigenvalue weighted by Crippen LogP contribution is 2.19. The number of rotatable bonds is 5. The summed E-state index contributed by atoms with van der Waals surface area (Å²) in [4.78, 5) is 19.2. The first-order chi connectivity index (χ1) is 9.24. The van der Waals surface area contributed by atoms with Crippen LogP contribution in [0.2, 0.25) is 0 Å². The molecule has 0 amide bonds. The Balaban J connectivity index is 2.25. The van der Waals surface area contributed by atoms with Crippen LogP contribution in [0.5, 0.6) is 0 Å². The molecular weight excluding hydrogens is 242 g/mol. The molecule has 0 bridgehead atoms. The zero-order valence-corrected chi connectivity index (χ0v) is 11.8. The Labute approximate surface area is 114 Å². The van der Waals surface area contributed by atoms with Crippen molar-refractivity contribution in [3.8, 4) is 0 Å². The SMILES string of the molecule is CCCN(CC)c1cc(N2CCOCC2)cc(=O)[nH]1. The summed E-state index contributed by atoms with van der Waals surface area (Å²) in [6, 6.07) is 3.75. The third-order valence-corrected chi connectivity index (χ3v) is 3.41. The number of ether oxygens (including phenoxy) is 1. The Hall–Kier alpha value is -1.49. The van der Waals surface area contributed by atoms with Gasteiger partial charge in [0.05, 0.1) is 13.2 Å². The average molecular weight is 265 g/mol. The molecule has 1 aliphatic rings. The maximum atomic E-state index is 11.8. The zero-order chi connectivity index (χ0) is 13.7. The fraction of sp³-hybridized carbons (Fsp3) is 0.643. The second kappa shape index (κ2) is 6.61. The lowest BCUT2D eigenvalue weighted by Gasteiger charge is -2.30. The first-order valence-electron chi connectivity index (χ1n) is 7.06. The molecule has 1 fully saturated rings. The molecule has 0 atom stereocenters. The molecule has 1 saturated heterocycles. The third-order valence-electron chi connectivity index (χ3n) is 3.41. The summed E-state index contributed by atoms with van der Waals surface area (Å²) >= 11 is 0. The highest BCUT2D eigenvalue weighted by Gasteiger charge is 2.14. The molecule has 0 radical (unpaired) electrons. The van der Waals surface area contributed by atoms with E-state index in [-0.39, 0.29) is 5.56 Å². The number of anilines is 2. The van der Waals surface area contributed by atoms with Crippen LogP contribution < -0.4 is 15.4 Å². The van der Waals surface area contributed by atoms with Gasteiger partial charge in [0.2, 0.25) is 0 Å². The lowest BCUT2D eigenvalue weighted by atomic mass is 10.3. The van der Waals surface area contributed by atoms with Gasteiger partial charge in [0.25, 0.3) is 5.56 Å². The molecule has 2 heterocycles. The van der Waals surface area contributed by atoms with E-state index >= 15 is 0 Å². The molecule has 0 aromatic carbocycles. The molecule has 106 valence electrons. The molecule has 1 N–H and O–H groups in total. The van der Waals surface area contributed by atoms with Gasteiger partial charge in [0.1, 0.15) is 5.82 Å². The lowest BCUT2D eigenvalue weighted by molar-refractivity contribution is 0.122. The van der Waals surface area contributed by atoms with Gasteiger partial charge in [-0.2, -0.15) is 0 Å². The van der Waals surface area contributed by atoms with Gasteiger partial charge in [0.15, 0.2) is 0 Å². The summed E-state index contributed by atoms with van der Waals surface area (Å²) in [5, 5.41) is 0. The Kier molecular flexibility index (Phi) is 4.85. The molecule has 1 aromatic rings. The summed E-state index contributed by atoms with van der Waals surface area (Å²) in [5.41, 5.74) is 0.963. The predicted molar refractivity (Wildman–Crippen MR) is 78.3 cm³/mol. The molecule has 1 aliphatic heterocycles. The van der Waals surface area contributed by atoms with Crippen molar-refractivity contribution in [3.05, 3.63) is 22.5 Å². The van der Waals surface area contributed by atoms with Crippen molar-refractivity contribution >= 4 is 11.5 Å². The second-order valence-electron chi connectivity index (χ2n) is 4.77. The first kappa shape index (κ1) is 13.9. The maximum absolute atomic E-state index is 11.8. The van der Waals surface area contributed by atoms with Gasteiger partial charge in [0, 0.05) is 44.0 Å². The van der Waals surface area contributed by atoms with Crippen molar-refractivity contribution in [2.45, 2.75) is 20.3 Å².